The van der Waals surface area contributed by atoms with Gasteiger partial charge in [0.15, 0.2) is 0 Å². The first-order valence-corrected chi connectivity index (χ1v) is 19.6. The maximum Gasteiger partial charge on any atom is 0.0554 e. The number of rotatable bonds is 4. The van der Waals surface area contributed by atoms with Gasteiger partial charge in [-0.3, -0.25) is 0 Å². The van der Waals surface area contributed by atoms with Crippen molar-refractivity contribution in [2.45, 2.75) is 20.8 Å². The molecule has 11 aromatic rings. The third-order valence-electron chi connectivity index (χ3n) is 12.0. The summed E-state index contributed by atoms with van der Waals surface area (Å²) in [6.45, 7) is 6.71. The van der Waals surface area contributed by atoms with Crippen LogP contribution in [0.1, 0.15) is 16.7 Å². The molecule has 0 N–H and O–H groups in total. The minimum atomic E-state index is 1.21. The molecule has 0 spiro atoms. The molecule has 11 rings (SSSR count). The summed E-state index contributed by atoms with van der Waals surface area (Å²) in [7, 11) is 0. The SMILES string of the molecule is Cc1cc(C)c(-n2c3ccc4ccccc4c3c3c4ccccc4c(-c4ccc(-c5c6ccccc6c(-c6ccccc6)c6ccccc56)cc4)cc32)c(C)c1. The van der Waals surface area contributed by atoms with Crippen LogP contribution in [0.25, 0.3) is 104 Å². The molecule has 1 heterocycles. The van der Waals surface area contributed by atoms with Crippen LogP contribution in [0.15, 0.2) is 182 Å². The van der Waals surface area contributed by atoms with Gasteiger partial charge in [-0.1, -0.05) is 175 Å². The lowest BCUT2D eigenvalue weighted by Crippen LogP contribution is -2.01. The van der Waals surface area contributed by atoms with E-state index in [0.29, 0.717) is 0 Å². The summed E-state index contributed by atoms with van der Waals surface area (Å²) in [6.07, 6.45) is 0. The molecule has 56 heavy (non-hydrogen) atoms. The Hall–Kier alpha value is -6.96. The number of hydrogen-bond donors (Lipinski definition) is 0. The van der Waals surface area contributed by atoms with E-state index in [1.165, 1.54) is 121 Å². The zero-order valence-electron chi connectivity index (χ0n) is 31.8. The van der Waals surface area contributed by atoms with E-state index >= 15 is 0 Å². The lowest BCUT2D eigenvalue weighted by molar-refractivity contribution is 1.11. The Labute approximate surface area is 326 Å². The van der Waals surface area contributed by atoms with E-state index in [9.17, 15) is 0 Å². The summed E-state index contributed by atoms with van der Waals surface area (Å²) in [6, 6.07) is 67.5. The van der Waals surface area contributed by atoms with Crippen LogP contribution in [0.4, 0.5) is 0 Å². The van der Waals surface area contributed by atoms with Crippen LogP contribution in [-0.2, 0) is 0 Å². The normalized spacial score (nSPS) is 11.8. The van der Waals surface area contributed by atoms with Gasteiger partial charge >= 0.3 is 0 Å². The molecule has 1 heteroatoms. The molecular weight excluding hydrogens is 675 g/mol. The van der Waals surface area contributed by atoms with Gasteiger partial charge in [0.1, 0.15) is 0 Å². The minimum absolute atomic E-state index is 1.21. The van der Waals surface area contributed by atoms with Crippen LogP contribution in [0.2, 0.25) is 0 Å². The van der Waals surface area contributed by atoms with Crippen molar-refractivity contribution in [2.75, 3.05) is 0 Å². The highest BCUT2D eigenvalue weighted by Crippen LogP contribution is 2.47. The molecule has 0 aliphatic rings. The molecule has 0 fully saturated rings. The first-order valence-electron chi connectivity index (χ1n) is 19.6. The summed E-state index contributed by atoms with van der Waals surface area (Å²) in [4.78, 5) is 0. The first-order chi connectivity index (χ1) is 27.5. The molecule has 0 saturated carbocycles. The van der Waals surface area contributed by atoms with Crippen LogP contribution in [-0.4, -0.2) is 4.57 Å². The second-order valence-corrected chi connectivity index (χ2v) is 15.4. The molecule has 10 aromatic carbocycles. The van der Waals surface area contributed by atoms with Gasteiger partial charge in [0.05, 0.1) is 16.7 Å². The maximum absolute atomic E-state index is 2.54. The lowest BCUT2D eigenvalue weighted by Gasteiger charge is -2.18. The summed E-state index contributed by atoms with van der Waals surface area (Å²) in [5, 5.41) is 12.8. The highest BCUT2D eigenvalue weighted by Gasteiger charge is 2.22. The van der Waals surface area contributed by atoms with Gasteiger partial charge in [0.2, 0.25) is 0 Å². The number of hydrogen-bond acceptors (Lipinski definition) is 0. The monoisotopic (exact) mass is 713 g/mol. The van der Waals surface area contributed by atoms with E-state index < -0.39 is 0 Å². The fourth-order valence-corrected chi connectivity index (χ4v) is 9.82. The number of aryl methyl sites for hydroxylation is 3. The zero-order chi connectivity index (χ0) is 37.5. The van der Waals surface area contributed by atoms with Crippen LogP contribution in [0, 0.1) is 20.8 Å². The first kappa shape index (κ1) is 32.5. The summed E-state index contributed by atoms with van der Waals surface area (Å²) < 4.78 is 2.54. The van der Waals surface area contributed by atoms with Crippen LogP contribution < -0.4 is 0 Å². The Bertz CT molecular complexity index is 3280. The van der Waals surface area contributed by atoms with Gasteiger partial charge in [-0.2, -0.15) is 0 Å². The average molecular weight is 714 g/mol. The molecular formula is C55H39N. The molecule has 264 valence electrons. The summed E-state index contributed by atoms with van der Waals surface area (Å²) in [5.41, 5.74) is 15.1. The molecule has 0 aliphatic carbocycles. The lowest BCUT2D eigenvalue weighted by atomic mass is 9.85. The van der Waals surface area contributed by atoms with Gasteiger partial charge in [-0.05, 0) is 121 Å². The van der Waals surface area contributed by atoms with E-state index in [2.05, 4.69) is 207 Å². The van der Waals surface area contributed by atoms with E-state index in [4.69, 9.17) is 0 Å². The van der Waals surface area contributed by atoms with Crippen molar-refractivity contribution in [1.82, 2.24) is 4.57 Å². The topological polar surface area (TPSA) is 4.93 Å². The fourth-order valence-electron chi connectivity index (χ4n) is 9.82. The minimum Gasteiger partial charge on any atom is -0.309 e. The quantitative estimate of drug-likeness (QED) is 0.160. The standard InChI is InChI=1S/C55H39N/c1-34-31-35(2)55(36(3)32-34)56-49-30-29-37-15-7-8-18-41(37)53(49)54-43-20-10-9-19-42(43)48(33-50(54)56)38-25-27-40(28-26-38)52-46-23-13-11-21-44(46)51(39-16-5-4-6-17-39)45-22-12-14-24-47(45)52/h4-33H,1-3H3. The zero-order valence-corrected chi connectivity index (χ0v) is 31.8. The smallest absolute Gasteiger partial charge is 0.0554 e. The second kappa shape index (κ2) is 12.5. The Balaban J connectivity index is 1.18. The van der Waals surface area contributed by atoms with Crippen LogP contribution in [0.3, 0.4) is 0 Å². The third-order valence-corrected chi connectivity index (χ3v) is 12.0. The van der Waals surface area contributed by atoms with Crippen molar-refractivity contribution in [1.29, 1.82) is 0 Å². The summed E-state index contributed by atoms with van der Waals surface area (Å²) in [5.74, 6) is 0. The molecule has 0 amide bonds. The van der Waals surface area contributed by atoms with Crippen molar-refractivity contribution >= 4 is 64.9 Å². The molecule has 1 nitrogen and oxygen atoms in total. The Morgan fingerprint density at radius 1 is 0.339 bits per heavy atom. The highest BCUT2D eigenvalue weighted by atomic mass is 15.0. The van der Waals surface area contributed by atoms with Gasteiger partial charge in [0, 0.05) is 10.8 Å². The highest BCUT2D eigenvalue weighted by molar-refractivity contribution is 6.30. The fraction of sp³-hybridized carbons (Fsp3) is 0.0545. The second-order valence-electron chi connectivity index (χ2n) is 15.4. The predicted molar refractivity (Wildman–Crippen MR) is 241 cm³/mol. The van der Waals surface area contributed by atoms with Crippen molar-refractivity contribution in [2.24, 2.45) is 0 Å². The molecule has 0 bridgehead atoms. The van der Waals surface area contributed by atoms with E-state index in [0.717, 1.165) is 0 Å². The molecule has 1 aromatic heterocycles. The third kappa shape index (κ3) is 4.81. The summed E-state index contributed by atoms with van der Waals surface area (Å²) >= 11 is 0. The van der Waals surface area contributed by atoms with Crippen molar-refractivity contribution in [3.63, 3.8) is 0 Å². The van der Waals surface area contributed by atoms with E-state index in [-0.39, 0.29) is 0 Å². The molecule has 0 unspecified atom stereocenters. The van der Waals surface area contributed by atoms with Crippen LogP contribution in [0.5, 0.6) is 0 Å². The molecule has 0 radical (unpaired) electrons. The number of benzene rings is 10. The van der Waals surface area contributed by atoms with Crippen molar-refractivity contribution in [3.05, 3.63) is 199 Å². The molecule has 0 saturated heterocycles. The Morgan fingerprint density at radius 2 is 0.804 bits per heavy atom. The van der Waals surface area contributed by atoms with Crippen LogP contribution >= 0.6 is 0 Å². The number of fused-ring (bicyclic) bond motifs is 9. The van der Waals surface area contributed by atoms with Gasteiger partial charge in [-0.25, -0.2) is 0 Å². The van der Waals surface area contributed by atoms with Crippen molar-refractivity contribution < 1.29 is 0 Å². The number of aromatic nitrogens is 1. The number of nitrogens with zero attached hydrogens (tertiary/aromatic N) is 1. The molecule has 0 atom stereocenters. The van der Waals surface area contributed by atoms with E-state index in [1.54, 1.807) is 0 Å². The van der Waals surface area contributed by atoms with Gasteiger partial charge < -0.3 is 4.57 Å². The van der Waals surface area contributed by atoms with Gasteiger partial charge in [0.25, 0.3) is 0 Å². The Kier molecular flexibility index (Phi) is 7.28. The maximum atomic E-state index is 2.54. The predicted octanol–water partition coefficient (Wildman–Crippen LogP) is 15.3. The van der Waals surface area contributed by atoms with Gasteiger partial charge in [-0.15, -0.1) is 0 Å². The van der Waals surface area contributed by atoms with E-state index in [1.807, 2.05) is 0 Å². The largest absolute Gasteiger partial charge is 0.309 e. The van der Waals surface area contributed by atoms with Crippen molar-refractivity contribution in [3.8, 4) is 39.1 Å². The average Bonchev–Trinajstić information content (AvgIpc) is 3.57. The Morgan fingerprint density at radius 3 is 1.41 bits per heavy atom. The molecule has 0 aliphatic heterocycles.